The highest BCUT2D eigenvalue weighted by Gasteiger charge is 2.39. The lowest BCUT2D eigenvalue weighted by atomic mass is 9.83. The van der Waals surface area contributed by atoms with E-state index in [2.05, 4.69) is 78.6 Å². The topological polar surface area (TPSA) is 90.3 Å². The SMILES string of the molecule is C=N/C(NCc1cccc2c1C(C)(C)C(=O)N2)=C(Br)\C=N/CNc1ccc(C2CCN(CCOC)CC2)cc1C. The molecule has 214 valence electrons. The number of hydrogen-bond donors (Lipinski definition) is 3. The second-order valence-electron chi connectivity index (χ2n) is 11.0. The van der Waals surface area contributed by atoms with Crippen LogP contribution in [0.3, 0.4) is 0 Å². The number of halogens is 1. The minimum absolute atomic E-state index is 0.0114. The first-order valence-corrected chi connectivity index (χ1v) is 14.6. The molecule has 0 aliphatic carbocycles. The molecule has 0 bridgehead atoms. The molecule has 3 N–H and O–H groups in total. The number of likely N-dealkylation sites (tertiary alicyclic amines) is 1. The normalized spacial score (nSPS) is 17.9. The molecular formula is C31H41BrN6O2. The number of carbonyl (C=O) groups is 1. The lowest BCUT2D eigenvalue weighted by Gasteiger charge is -2.32. The Morgan fingerprint density at radius 2 is 2.05 bits per heavy atom. The summed E-state index contributed by atoms with van der Waals surface area (Å²) in [6.45, 7) is 14.8. The van der Waals surface area contributed by atoms with Crippen molar-refractivity contribution in [2.75, 3.05) is 50.7 Å². The molecule has 2 aliphatic rings. The molecule has 2 aromatic rings. The zero-order chi connectivity index (χ0) is 28.7. The Morgan fingerprint density at radius 3 is 2.75 bits per heavy atom. The number of aryl methyl sites for hydroxylation is 1. The molecule has 1 fully saturated rings. The molecule has 2 heterocycles. The van der Waals surface area contributed by atoms with Crippen LogP contribution in [0.15, 0.2) is 56.7 Å². The van der Waals surface area contributed by atoms with Crippen LogP contribution in [0, 0.1) is 6.92 Å². The quantitative estimate of drug-likeness (QED) is 0.275. The smallest absolute Gasteiger partial charge is 0.234 e. The van der Waals surface area contributed by atoms with Gasteiger partial charge in [-0.2, -0.15) is 0 Å². The summed E-state index contributed by atoms with van der Waals surface area (Å²) in [4.78, 5) is 23.6. The molecule has 40 heavy (non-hydrogen) atoms. The summed E-state index contributed by atoms with van der Waals surface area (Å²) in [5.41, 5.74) is 6.07. The standard InChI is InChI=1S/C31H41BrN6O2/c1-21-17-23(22-11-13-38(14-12-22)15-16-40-5)9-10-26(21)36-20-34-19-25(32)29(33-4)35-18-24-7-6-8-27-28(24)31(2,3)30(39)37-27/h6-10,17,19,22,35-36H,4,11-16,18,20H2,1-3,5H3,(H,37,39)/b29-25-,34-19-. The second-order valence-corrected chi connectivity index (χ2v) is 11.8. The molecule has 8 nitrogen and oxygen atoms in total. The summed E-state index contributed by atoms with van der Waals surface area (Å²) >= 11 is 3.57. The van der Waals surface area contributed by atoms with E-state index in [0.717, 1.165) is 48.7 Å². The largest absolute Gasteiger partial charge is 0.383 e. The molecule has 0 atom stereocenters. The number of methoxy groups -OCH3 is 1. The lowest BCUT2D eigenvalue weighted by Crippen LogP contribution is -2.35. The first kappa shape index (κ1) is 30.0. The minimum atomic E-state index is -0.582. The Morgan fingerprint density at radius 1 is 1.27 bits per heavy atom. The first-order valence-electron chi connectivity index (χ1n) is 13.8. The van der Waals surface area contributed by atoms with Crippen molar-refractivity contribution in [2.45, 2.75) is 51.5 Å². The van der Waals surface area contributed by atoms with Crippen molar-refractivity contribution in [3.8, 4) is 0 Å². The van der Waals surface area contributed by atoms with Gasteiger partial charge in [-0.15, -0.1) is 0 Å². The van der Waals surface area contributed by atoms with E-state index in [9.17, 15) is 4.79 Å². The van der Waals surface area contributed by atoms with E-state index < -0.39 is 5.41 Å². The summed E-state index contributed by atoms with van der Waals surface area (Å²) in [6, 6.07) is 12.6. The number of fused-ring (bicyclic) bond motifs is 1. The van der Waals surface area contributed by atoms with Gasteiger partial charge in [0.05, 0.1) is 16.5 Å². The van der Waals surface area contributed by atoms with Gasteiger partial charge in [0.1, 0.15) is 12.5 Å². The molecule has 1 amide bonds. The van der Waals surface area contributed by atoms with E-state index in [1.807, 2.05) is 32.0 Å². The maximum atomic E-state index is 12.4. The number of nitrogens with zero attached hydrogens (tertiary/aromatic N) is 3. The number of piperidine rings is 1. The molecule has 0 saturated carbocycles. The predicted octanol–water partition coefficient (Wildman–Crippen LogP) is 5.55. The maximum Gasteiger partial charge on any atom is 0.234 e. The molecule has 0 unspecified atom stereocenters. The van der Waals surface area contributed by atoms with Gasteiger partial charge in [0.2, 0.25) is 5.91 Å². The third-order valence-corrected chi connectivity index (χ3v) is 8.49. The Bertz CT molecular complexity index is 1280. The monoisotopic (exact) mass is 608 g/mol. The van der Waals surface area contributed by atoms with Crippen molar-refractivity contribution in [3.63, 3.8) is 0 Å². The number of carbonyl (C=O) groups excluding carboxylic acids is 1. The van der Waals surface area contributed by atoms with E-state index in [1.165, 1.54) is 24.0 Å². The summed E-state index contributed by atoms with van der Waals surface area (Å²) in [5.74, 6) is 1.21. The molecule has 0 spiro atoms. The third-order valence-electron chi connectivity index (χ3n) is 7.91. The van der Waals surface area contributed by atoms with Crippen LogP contribution in [0.5, 0.6) is 0 Å². The van der Waals surface area contributed by atoms with Gasteiger partial charge in [-0.25, -0.2) is 4.99 Å². The van der Waals surface area contributed by atoms with Crippen molar-refractivity contribution in [1.29, 1.82) is 0 Å². The number of ether oxygens (including phenoxy) is 1. The number of amides is 1. The number of nitrogens with one attached hydrogen (secondary N) is 3. The molecule has 4 rings (SSSR count). The number of aliphatic imine (C=N–C) groups is 2. The number of hydrogen-bond acceptors (Lipinski definition) is 7. The summed E-state index contributed by atoms with van der Waals surface area (Å²) < 4.78 is 5.92. The molecule has 2 aromatic carbocycles. The van der Waals surface area contributed by atoms with Gasteiger partial charge in [0.25, 0.3) is 0 Å². The Balaban J connectivity index is 1.30. The van der Waals surface area contributed by atoms with Gasteiger partial charge in [-0.1, -0.05) is 24.3 Å². The zero-order valence-electron chi connectivity index (χ0n) is 24.0. The first-order chi connectivity index (χ1) is 19.2. The van der Waals surface area contributed by atoms with Crippen molar-refractivity contribution in [2.24, 2.45) is 9.98 Å². The highest BCUT2D eigenvalue weighted by atomic mass is 79.9. The van der Waals surface area contributed by atoms with Crippen molar-refractivity contribution >= 4 is 46.1 Å². The number of benzene rings is 2. The Hall–Kier alpha value is -3.01. The fourth-order valence-electron chi connectivity index (χ4n) is 5.54. The van der Waals surface area contributed by atoms with Crippen LogP contribution in [-0.4, -0.2) is 63.8 Å². The Labute approximate surface area is 246 Å². The van der Waals surface area contributed by atoms with Gasteiger partial charge in [-0.3, -0.25) is 9.79 Å². The Kier molecular flexibility index (Phi) is 10.2. The predicted molar refractivity (Wildman–Crippen MR) is 169 cm³/mol. The fraction of sp³-hybridized carbons (Fsp3) is 0.452. The van der Waals surface area contributed by atoms with Crippen LogP contribution in [0.25, 0.3) is 0 Å². The highest BCUT2D eigenvalue weighted by Crippen LogP contribution is 2.39. The van der Waals surface area contributed by atoms with Gasteiger partial charge in [-0.05, 0) is 110 Å². The van der Waals surface area contributed by atoms with E-state index in [1.54, 1.807) is 13.3 Å². The van der Waals surface area contributed by atoms with Crippen LogP contribution in [-0.2, 0) is 21.5 Å². The summed E-state index contributed by atoms with van der Waals surface area (Å²) in [5, 5.41) is 9.72. The minimum Gasteiger partial charge on any atom is -0.383 e. The summed E-state index contributed by atoms with van der Waals surface area (Å²) in [7, 11) is 1.76. The molecule has 0 radical (unpaired) electrons. The van der Waals surface area contributed by atoms with Crippen LogP contribution in [0.1, 0.15) is 54.9 Å². The molecule has 0 aromatic heterocycles. The second kappa shape index (κ2) is 13.6. The van der Waals surface area contributed by atoms with Gasteiger partial charge in [0.15, 0.2) is 0 Å². The van der Waals surface area contributed by atoms with Gasteiger partial charge >= 0.3 is 0 Å². The van der Waals surface area contributed by atoms with E-state index >= 15 is 0 Å². The van der Waals surface area contributed by atoms with Crippen LogP contribution in [0.4, 0.5) is 11.4 Å². The molecular weight excluding hydrogens is 568 g/mol. The van der Waals surface area contributed by atoms with Gasteiger partial charge < -0.3 is 25.6 Å². The third kappa shape index (κ3) is 7.00. The highest BCUT2D eigenvalue weighted by molar-refractivity contribution is 9.12. The lowest BCUT2D eigenvalue weighted by molar-refractivity contribution is -0.119. The van der Waals surface area contributed by atoms with Crippen molar-refractivity contribution in [1.82, 2.24) is 10.2 Å². The number of anilines is 2. The van der Waals surface area contributed by atoms with Crippen molar-refractivity contribution < 1.29 is 9.53 Å². The zero-order valence-corrected chi connectivity index (χ0v) is 25.6. The summed E-state index contributed by atoms with van der Waals surface area (Å²) in [6.07, 6.45) is 4.11. The number of allylic oxidation sites excluding steroid dienone is 1. The molecule has 2 aliphatic heterocycles. The maximum absolute atomic E-state index is 12.4. The average molecular weight is 610 g/mol. The van der Waals surface area contributed by atoms with Gasteiger partial charge in [0, 0.05) is 37.8 Å². The molecule has 1 saturated heterocycles. The van der Waals surface area contributed by atoms with Crippen LogP contribution in [0.2, 0.25) is 0 Å². The van der Waals surface area contributed by atoms with E-state index in [4.69, 9.17) is 4.74 Å². The molecule has 9 heteroatoms. The van der Waals surface area contributed by atoms with Crippen LogP contribution < -0.4 is 16.0 Å². The van der Waals surface area contributed by atoms with Crippen molar-refractivity contribution in [3.05, 3.63) is 69.0 Å². The van der Waals surface area contributed by atoms with E-state index in [0.29, 0.717) is 29.4 Å². The average Bonchev–Trinajstić information content (AvgIpc) is 3.19. The van der Waals surface area contributed by atoms with Crippen LogP contribution >= 0.6 is 15.9 Å². The number of rotatable bonds is 12. The fourth-order valence-corrected chi connectivity index (χ4v) is 5.95. The van der Waals surface area contributed by atoms with E-state index in [-0.39, 0.29) is 5.91 Å².